The topological polar surface area (TPSA) is 31.2 Å². The zero-order chi connectivity index (χ0) is 21.5. The van der Waals surface area contributed by atoms with Gasteiger partial charge in [0.1, 0.15) is 5.04 Å². The number of halogens is 3. The normalized spacial score (nSPS) is 18.0. The van der Waals surface area contributed by atoms with Gasteiger partial charge in [-0.3, -0.25) is 4.90 Å². The minimum absolute atomic E-state index is 0.357. The van der Waals surface area contributed by atoms with E-state index in [4.69, 9.17) is 57.1 Å². The second-order valence-corrected chi connectivity index (χ2v) is 9.42. The van der Waals surface area contributed by atoms with Crippen molar-refractivity contribution in [3.63, 3.8) is 0 Å². The van der Waals surface area contributed by atoms with Gasteiger partial charge in [0.25, 0.3) is 0 Å². The van der Waals surface area contributed by atoms with Crippen molar-refractivity contribution in [2.24, 2.45) is 10.1 Å². The first kappa shape index (κ1) is 20.8. The standard InChI is InChI=1S/C22H13Cl3N4S2/c23-15-5-1-13(2-6-15)19-26-21-29(22(30)28(19)18-11-9-17(25)10-12-18)27-20(31-21)14-3-7-16(24)8-4-14/h1-12,19H. The number of amidine groups is 1. The minimum atomic E-state index is -0.357. The highest BCUT2D eigenvalue weighted by Gasteiger charge is 2.39. The quantitative estimate of drug-likeness (QED) is 0.353. The number of aliphatic imine (C=N–C) groups is 1. The van der Waals surface area contributed by atoms with Gasteiger partial charge in [0.15, 0.2) is 11.3 Å². The maximum atomic E-state index is 6.11. The summed E-state index contributed by atoms with van der Waals surface area (Å²) in [5.41, 5.74) is 2.79. The van der Waals surface area contributed by atoms with Gasteiger partial charge in [0.2, 0.25) is 5.11 Å². The monoisotopic (exact) mass is 502 g/mol. The number of hydrogen-bond donors (Lipinski definition) is 0. The Balaban J connectivity index is 1.58. The van der Waals surface area contributed by atoms with Crippen LogP contribution < -0.4 is 4.90 Å². The second-order valence-electron chi connectivity index (χ2n) is 6.79. The first-order valence-electron chi connectivity index (χ1n) is 9.24. The molecule has 2 heterocycles. The summed E-state index contributed by atoms with van der Waals surface area (Å²) < 4.78 is 0. The van der Waals surface area contributed by atoms with Crippen LogP contribution in [-0.4, -0.2) is 20.3 Å². The van der Waals surface area contributed by atoms with Crippen LogP contribution in [0.5, 0.6) is 0 Å². The first-order valence-corrected chi connectivity index (χ1v) is 11.6. The van der Waals surface area contributed by atoms with Crippen molar-refractivity contribution < 1.29 is 0 Å². The number of thioether (sulfide) groups is 1. The second kappa shape index (κ2) is 8.45. The van der Waals surface area contributed by atoms with Gasteiger partial charge < -0.3 is 0 Å². The average Bonchev–Trinajstić information content (AvgIpc) is 3.20. The van der Waals surface area contributed by atoms with Gasteiger partial charge in [-0.15, -0.1) is 0 Å². The summed E-state index contributed by atoms with van der Waals surface area (Å²) in [6.07, 6.45) is -0.357. The summed E-state index contributed by atoms with van der Waals surface area (Å²) in [5, 5.41) is 10.5. The van der Waals surface area contributed by atoms with Crippen LogP contribution in [0.15, 0.2) is 82.9 Å². The Morgan fingerprint density at radius 3 is 1.94 bits per heavy atom. The number of benzene rings is 3. The maximum Gasteiger partial charge on any atom is 0.205 e. The Morgan fingerprint density at radius 2 is 1.32 bits per heavy atom. The summed E-state index contributed by atoms with van der Waals surface area (Å²) in [6, 6.07) is 22.7. The van der Waals surface area contributed by atoms with Crippen LogP contribution in [0.4, 0.5) is 5.69 Å². The summed E-state index contributed by atoms with van der Waals surface area (Å²) in [6.45, 7) is 0. The molecule has 0 aromatic heterocycles. The fourth-order valence-corrected chi connectivity index (χ4v) is 4.96. The molecule has 0 aliphatic carbocycles. The Hall–Kier alpha value is -2.09. The number of rotatable bonds is 3. The average molecular weight is 504 g/mol. The Labute approximate surface area is 204 Å². The molecule has 3 aromatic rings. The zero-order valence-electron chi connectivity index (χ0n) is 15.7. The zero-order valence-corrected chi connectivity index (χ0v) is 19.6. The van der Waals surface area contributed by atoms with E-state index in [0.717, 1.165) is 27.0 Å². The lowest BCUT2D eigenvalue weighted by Crippen LogP contribution is -2.47. The molecule has 5 rings (SSSR count). The SMILES string of the molecule is S=C1N2N=C(c3ccc(Cl)cc3)SC2=NC(c2ccc(Cl)cc2)N1c1ccc(Cl)cc1. The van der Waals surface area contributed by atoms with E-state index < -0.39 is 0 Å². The smallest absolute Gasteiger partial charge is 0.205 e. The van der Waals surface area contributed by atoms with Crippen LogP contribution in [0.1, 0.15) is 17.3 Å². The molecule has 0 radical (unpaired) electrons. The van der Waals surface area contributed by atoms with Gasteiger partial charge in [-0.2, -0.15) is 10.1 Å². The van der Waals surface area contributed by atoms with E-state index >= 15 is 0 Å². The van der Waals surface area contributed by atoms with Gasteiger partial charge in [-0.25, -0.2) is 4.99 Å². The lowest BCUT2D eigenvalue weighted by Gasteiger charge is -2.37. The molecule has 1 unspecified atom stereocenters. The molecule has 1 atom stereocenters. The molecule has 0 saturated heterocycles. The first-order chi connectivity index (χ1) is 15.0. The van der Waals surface area contributed by atoms with Gasteiger partial charge in [-0.05, 0) is 78.1 Å². The van der Waals surface area contributed by atoms with Crippen LogP contribution in [0.3, 0.4) is 0 Å². The molecular formula is C22H13Cl3N4S2. The van der Waals surface area contributed by atoms with Crippen LogP contribution in [0.25, 0.3) is 0 Å². The number of anilines is 1. The van der Waals surface area contributed by atoms with Crippen molar-refractivity contribution in [3.05, 3.63) is 99.0 Å². The molecule has 154 valence electrons. The third kappa shape index (κ3) is 4.06. The molecule has 2 aliphatic rings. The Kier molecular flexibility index (Phi) is 5.67. The van der Waals surface area contributed by atoms with Crippen molar-refractivity contribution >= 4 is 79.8 Å². The van der Waals surface area contributed by atoms with Crippen molar-refractivity contribution in [1.29, 1.82) is 0 Å². The minimum Gasteiger partial charge on any atom is -0.290 e. The van der Waals surface area contributed by atoms with Gasteiger partial charge in [0, 0.05) is 26.3 Å². The predicted molar refractivity (Wildman–Crippen MR) is 136 cm³/mol. The van der Waals surface area contributed by atoms with E-state index in [-0.39, 0.29) is 6.17 Å². The molecule has 0 saturated carbocycles. The van der Waals surface area contributed by atoms with E-state index in [9.17, 15) is 0 Å². The van der Waals surface area contributed by atoms with E-state index in [1.165, 1.54) is 11.8 Å². The summed E-state index contributed by atoms with van der Waals surface area (Å²) >= 11 is 25.6. The molecule has 0 spiro atoms. The lowest BCUT2D eigenvalue weighted by molar-refractivity contribution is 0.598. The molecule has 31 heavy (non-hydrogen) atoms. The number of hydrogen-bond acceptors (Lipinski definition) is 4. The van der Waals surface area contributed by atoms with Crippen molar-refractivity contribution in [1.82, 2.24) is 5.01 Å². The molecule has 4 nitrogen and oxygen atoms in total. The van der Waals surface area contributed by atoms with Crippen molar-refractivity contribution in [2.75, 3.05) is 4.90 Å². The number of fused-ring (bicyclic) bond motifs is 1. The number of nitrogens with zero attached hydrogens (tertiary/aromatic N) is 4. The molecule has 0 N–H and O–H groups in total. The van der Waals surface area contributed by atoms with Crippen molar-refractivity contribution in [3.8, 4) is 0 Å². The van der Waals surface area contributed by atoms with Crippen molar-refractivity contribution in [2.45, 2.75) is 6.17 Å². The molecule has 9 heteroatoms. The molecule has 2 aliphatic heterocycles. The Morgan fingerprint density at radius 1 is 0.774 bits per heavy atom. The van der Waals surface area contributed by atoms with E-state index in [2.05, 4.69) is 0 Å². The molecule has 0 fully saturated rings. The highest BCUT2D eigenvalue weighted by molar-refractivity contribution is 8.27. The Bertz CT molecular complexity index is 1210. The summed E-state index contributed by atoms with van der Waals surface area (Å²) in [5.74, 6) is 0. The third-order valence-corrected chi connectivity index (χ3v) is 6.89. The van der Waals surface area contributed by atoms with E-state index in [0.29, 0.717) is 20.2 Å². The summed E-state index contributed by atoms with van der Waals surface area (Å²) in [7, 11) is 0. The van der Waals surface area contributed by atoms with Crippen LogP contribution in [0.2, 0.25) is 15.1 Å². The predicted octanol–water partition coefficient (Wildman–Crippen LogP) is 7.22. The maximum absolute atomic E-state index is 6.11. The fourth-order valence-electron chi connectivity index (χ4n) is 3.28. The molecular weight excluding hydrogens is 491 g/mol. The lowest BCUT2D eigenvalue weighted by atomic mass is 10.1. The highest BCUT2D eigenvalue weighted by Crippen LogP contribution is 2.39. The number of thiocarbonyl (C=S) groups is 1. The van der Waals surface area contributed by atoms with Crippen LogP contribution in [-0.2, 0) is 0 Å². The molecule has 0 bridgehead atoms. The van der Waals surface area contributed by atoms with Gasteiger partial charge >= 0.3 is 0 Å². The van der Waals surface area contributed by atoms with Crippen LogP contribution >= 0.6 is 58.8 Å². The van der Waals surface area contributed by atoms with E-state index in [1.54, 1.807) is 5.01 Å². The van der Waals surface area contributed by atoms with E-state index in [1.807, 2.05) is 77.7 Å². The van der Waals surface area contributed by atoms with Crippen LogP contribution in [0, 0.1) is 0 Å². The fraction of sp³-hybridized carbons (Fsp3) is 0.0455. The third-order valence-electron chi connectivity index (χ3n) is 4.79. The molecule has 3 aromatic carbocycles. The largest absolute Gasteiger partial charge is 0.290 e. The molecule has 0 amide bonds. The summed E-state index contributed by atoms with van der Waals surface area (Å²) in [4.78, 5) is 6.96. The number of hydrazone groups is 1. The highest BCUT2D eigenvalue weighted by atomic mass is 35.5. The van der Waals surface area contributed by atoms with Gasteiger partial charge in [0.05, 0.1) is 0 Å². The van der Waals surface area contributed by atoms with Gasteiger partial charge in [-0.1, -0.05) is 59.1 Å².